The summed E-state index contributed by atoms with van der Waals surface area (Å²) in [6, 6.07) is 17.1. The van der Waals surface area contributed by atoms with E-state index in [0.717, 1.165) is 60.1 Å². The van der Waals surface area contributed by atoms with Gasteiger partial charge in [-0.3, -0.25) is 10.1 Å². The summed E-state index contributed by atoms with van der Waals surface area (Å²) in [6.45, 7) is 13.7. The Balaban J connectivity index is 1.30. The highest BCUT2D eigenvalue weighted by molar-refractivity contribution is 5.98. The smallest absolute Gasteiger partial charge is 0.412 e. The van der Waals surface area contributed by atoms with Crippen LogP contribution in [0.1, 0.15) is 80.0 Å². The molecule has 0 aliphatic carbocycles. The minimum absolute atomic E-state index is 0.156. The van der Waals surface area contributed by atoms with Gasteiger partial charge in [0.15, 0.2) is 0 Å². The number of nitrogens with one attached hydrogen (secondary N) is 2. The van der Waals surface area contributed by atoms with Crippen molar-refractivity contribution in [3.05, 3.63) is 76.9 Å². The van der Waals surface area contributed by atoms with Gasteiger partial charge in [0.2, 0.25) is 0 Å². The molecule has 3 aromatic rings. The average Bonchev–Trinajstić information content (AvgIpc) is 3.03. The largest absolute Gasteiger partial charge is 0.444 e. The molecule has 0 unspecified atom stereocenters. The molecule has 0 saturated carbocycles. The van der Waals surface area contributed by atoms with Gasteiger partial charge in [-0.25, -0.2) is 9.18 Å². The fraction of sp³-hybridized carbons (Fsp3) is 0.487. The summed E-state index contributed by atoms with van der Waals surface area (Å²) in [7, 11) is 1.79. The van der Waals surface area contributed by atoms with E-state index in [0.29, 0.717) is 23.7 Å². The molecule has 5 rings (SSSR count). The highest BCUT2D eigenvalue weighted by Crippen LogP contribution is 2.31. The van der Waals surface area contributed by atoms with Crippen LogP contribution >= 0.6 is 0 Å². The molecule has 8 heteroatoms. The maximum atomic E-state index is 15.3. The number of halogens is 1. The molecule has 0 spiro atoms. The van der Waals surface area contributed by atoms with Crippen LogP contribution in [-0.2, 0) is 4.74 Å². The van der Waals surface area contributed by atoms with Crippen molar-refractivity contribution >= 4 is 28.5 Å². The van der Waals surface area contributed by atoms with Crippen LogP contribution in [0, 0.1) is 30.6 Å². The Hall–Kier alpha value is -3.93. The van der Waals surface area contributed by atoms with Crippen LogP contribution in [0.4, 0.5) is 14.9 Å². The molecule has 3 atom stereocenters. The van der Waals surface area contributed by atoms with Crippen LogP contribution in [0.5, 0.6) is 0 Å². The van der Waals surface area contributed by atoms with E-state index in [2.05, 4.69) is 33.4 Å². The first-order valence-corrected chi connectivity index (χ1v) is 16.9. The third-order valence-corrected chi connectivity index (χ3v) is 9.42. The van der Waals surface area contributed by atoms with Crippen molar-refractivity contribution in [1.82, 2.24) is 15.1 Å². The van der Waals surface area contributed by atoms with E-state index in [1.807, 2.05) is 50.2 Å². The predicted molar refractivity (Wildman–Crippen MR) is 187 cm³/mol. The first-order valence-electron chi connectivity index (χ1n) is 16.9. The van der Waals surface area contributed by atoms with E-state index >= 15 is 4.39 Å². The van der Waals surface area contributed by atoms with Crippen LogP contribution in [0.3, 0.4) is 0 Å². The first-order chi connectivity index (χ1) is 22.4. The van der Waals surface area contributed by atoms with Crippen LogP contribution in [-0.4, -0.2) is 73.3 Å². The third kappa shape index (κ3) is 8.71. The van der Waals surface area contributed by atoms with Gasteiger partial charge in [0.25, 0.3) is 5.91 Å². The van der Waals surface area contributed by atoms with Crippen LogP contribution in [0.2, 0.25) is 0 Å². The summed E-state index contributed by atoms with van der Waals surface area (Å²) in [5.74, 6) is 6.84. The lowest BCUT2D eigenvalue weighted by Gasteiger charge is -2.35. The average molecular weight is 641 g/mol. The number of fused-ring (bicyclic) bond motifs is 1. The Labute approximate surface area is 279 Å². The quantitative estimate of drug-likeness (QED) is 0.276. The van der Waals surface area contributed by atoms with Crippen molar-refractivity contribution < 1.29 is 18.7 Å². The number of benzene rings is 3. The standard InChI is InChI=1S/C39H49FN4O3/c1-26-11-15-31(42-38(46)47-39(3,4)5)23-35(26)37(45)43(6)27(2)32-16-14-29(33-9-7-8-10-34(32)33)12-13-30-19-22-44(25-36(30)40)24-28-17-20-41-21-18-28/h7-11,14-16,23,27-28,30,36,41H,17-22,24-25H2,1-6H3,(H,42,46)/t27-,30-,36+/m1/s1. The van der Waals surface area contributed by atoms with E-state index < -0.39 is 17.9 Å². The minimum Gasteiger partial charge on any atom is -0.444 e. The zero-order valence-corrected chi connectivity index (χ0v) is 28.7. The van der Waals surface area contributed by atoms with Crippen LogP contribution in [0.15, 0.2) is 54.6 Å². The molecule has 2 aliphatic heterocycles. The number of amides is 2. The lowest BCUT2D eigenvalue weighted by Crippen LogP contribution is -2.45. The van der Waals surface area contributed by atoms with Gasteiger partial charge in [-0.05, 0) is 120 Å². The van der Waals surface area contributed by atoms with Gasteiger partial charge in [0.05, 0.1) is 12.0 Å². The molecular formula is C39H49FN4O3. The van der Waals surface area contributed by atoms with Gasteiger partial charge in [-0.15, -0.1) is 0 Å². The zero-order chi connectivity index (χ0) is 33.7. The van der Waals surface area contributed by atoms with Crippen molar-refractivity contribution in [2.24, 2.45) is 11.8 Å². The fourth-order valence-electron chi connectivity index (χ4n) is 6.62. The Morgan fingerprint density at radius 3 is 2.51 bits per heavy atom. The van der Waals surface area contributed by atoms with Crippen molar-refractivity contribution in [3.8, 4) is 11.8 Å². The van der Waals surface area contributed by atoms with Crippen LogP contribution < -0.4 is 10.6 Å². The number of piperidine rings is 2. The molecule has 2 heterocycles. The second kappa shape index (κ2) is 14.9. The molecule has 2 saturated heterocycles. The van der Waals surface area contributed by atoms with Crippen LogP contribution in [0.25, 0.3) is 10.8 Å². The molecule has 2 N–H and O–H groups in total. The molecule has 0 aromatic heterocycles. The topological polar surface area (TPSA) is 73.9 Å². The molecule has 250 valence electrons. The van der Waals surface area contributed by atoms with Gasteiger partial charge in [0.1, 0.15) is 11.8 Å². The van der Waals surface area contributed by atoms with E-state index in [1.54, 1.807) is 44.9 Å². The summed E-state index contributed by atoms with van der Waals surface area (Å²) in [4.78, 5) is 30.2. The number of nitrogens with zero attached hydrogens (tertiary/aromatic N) is 2. The molecule has 47 heavy (non-hydrogen) atoms. The molecule has 3 aromatic carbocycles. The van der Waals surface area contributed by atoms with E-state index in [1.165, 1.54) is 12.8 Å². The fourth-order valence-corrected chi connectivity index (χ4v) is 6.62. The number of hydrogen-bond donors (Lipinski definition) is 2. The number of carbonyl (C=O) groups excluding carboxylic acids is 2. The van der Waals surface area contributed by atoms with Crippen molar-refractivity contribution in [2.75, 3.05) is 45.1 Å². The maximum absolute atomic E-state index is 15.3. The van der Waals surface area contributed by atoms with E-state index in [4.69, 9.17) is 4.74 Å². The third-order valence-electron chi connectivity index (χ3n) is 9.42. The van der Waals surface area contributed by atoms with Gasteiger partial charge < -0.3 is 19.9 Å². The maximum Gasteiger partial charge on any atom is 0.412 e. The number of ether oxygens (including phenoxy) is 1. The Morgan fingerprint density at radius 1 is 1.09 bits per heavy atom. The zero-order valence-electron chi connectivity index (χ0n) is 28.7. The lowest BCUT2D eigenvalue weighted by molar-refractivity contribution is 0.0634. The number of carbonyl (C=O) groups is 2. The second-order valence-electron chi connectivity index (χ2n) is 14.1. The summed E-state index contributed by atoms with van der Waals surface area (Å²) in [5.41, 5.74) is 3.03. The minimum atomic E-state index is -0.954. The van der Waals surface area contributed by atoms with Crippen molar-refractivity contribution in [3.63, 3.8) is 0 Å². The monoisotopic (exact) mass is 640 g/mol. The Bertz CT molecular complexity index is 1650. The van der Waals surface area contributed by atoms with Crippen molar-refractivity contribution in [1.29, 1.82) is 0 Å². The SMILES string of the molecule is Cc1ccc(NC(=O)OC(C)(C)C)cc1C(=O)N(C)[C@H](C)c1ccc(C#C[C@@H]2CCN(CC3CCNCC3)C[C@@H]2F)c2ccccc12. The first kappa shape index (κ1) is 34.4. The number of alkyl halides is 1. The normalized spacial score (nSPS) is 19.8. The molecule has 0 bridgehead atoms. The van der Waals surface area contributed by atoms with Gasteiger partial charge >= 0.3 is 6.09 Å². The lowest BCUT2D eigenvalue weighted by atomic mass is 9.91. The van der Waals surface area contributed by atoms with E-state index in [-0.39, 0.29) is 17.9 Å². The highest BCUT2D eigenvalue weighted by Gasteiger charge is 2.30. The highest BCUT2D eigenvalue weighted by atomic mass is 19.1. The number of anilines is 1. The Morgan fingerprint density at radius 2 is 1.81 bits per heavy atom. The number of hydrogen-bond acceptors (Lipinski definition) is 5. The second-order valence-corrected chi connectivity index (χ2v) is 14.1. The molecule has 2 aliphatic rings. The van der Waals surface area contributed by atoms with E-state index in [9.17, 15) is 9.59 Å². The van der Waals surface area contributed by atoms with Crippen molar-refractivity contribution in [2.45, 2.75) is 71.7 Å². The number of aryl methyl sites for hydroxylation is 1. The molecule has 2 amide bonds. The summed E-state index contributed by atoms with van der Waals surface area (Å²) in [6.07, 6.45) is 1.55. The summed E-state index contributed by atoms with van der Waals surface area (Å²) in [5, 5.41) is 8.15. The predicted octanol–water partition coefficient (Wildman–Crippen LogP) is 7.34. The Kier molecular flexibility index (Phi) is 10.9. The number of rotatable bonds is 6. The molecule has 7 nitrogen and oxygen atoms in total. The number of likely N-dealkylation sites (tertiary alicyclic amines) is 1. The summed E-state index contributed by atoms with van der Waals surface area (Å²) < 4.78 is 20.7. The molecule has 0 radical (unpaired) electrons. The summed E-state index contributed by atoms with van der Waals surface area (Å²) >= 11 is 0. The van der Waals surface area contributed by atoms with Gasteiger partial charge in [0, 0.05) is 37.0 Å². The van der Waals surface area contributed by atoms with Gasteiger partial charge in [-0.2, -0.15) is 0 Å². The van der Waals surface area contributed by atoms with Gasteiger partial charge in [-0.1, -0.05) is 48.2 Å². The molecular weight excluding hydrogens is 591 g/mol. The molecule has 2 fully saturated rings.